The summed E-state index contributed by atoms with van der Waals surface area (Å²) in [4.78, 5) is 0. The highest BCUT2D eigenvalue weighted by molar-refractivity contribution is 7.71. The minimum atomic E-state index is -4.40. The Balaban J connectivity index is 2.56. The Morgan fingerprint density at radius 1 is 1.30 bits per heavy atom. The first kappa shape index (κ1) is 15.3. The van der Waals surface area contributed by atoms with Crippen LogP contribution in [0.2, 0.25) is 10.0 Å². The van der Waals surface area contributed by atoms with Crippen LogP contribution < -0.4 is 0 Å². The van der Waals surface area contributed by atoms with Crippen molar-refractivity contribution < 1.29 is 13.2 Å². The highest BCUT2D eigenvalue weighted by Crippen LogP contribution is 2.26. The summed E-state index contributed by atoms with van der Waals surface area (Å²) in [7, 11) is 0. The van der Waals surface area contributed by atoms with Crippen molar-refractivity contribution in [3.8, 4) is 5.69 Å². The topological polar surface area (TPSA) is 22.8 Å². The normalized spacial score (nSPS) is 11.9. The van der Waals surface area contributed by atoms with Gasteiger partial charge in [0.2, 0.25) is 4.77 Å². The number of rotatable bonds is 2. The molecule has 20 heavy (non-hydrogen) atoms. The van der Waals surface area contributed by atoms with E-state index in [2.05, 4.69) is 5.10 Å². The van der Waals surface area contributed by atoms with Crippen LogP contribution in [0.4, 0.5) is 13.2 Å². The molecule has 0 saturated heterocycles. The average Bonchev–Trinajstić information content (AvgIpc) is 2.53. The molecule has 0 atom stereocenters. The highest BCUT2D eigenvalue weighted by Gasteiger charge is 2.30. The van der Waals surface area contributed by atoms with E-state index in [-0.39, 0.29) is 9.79 Å². The number of alkyl halides is 3. The third-order valence-corrected chi connectivity index (χ3v) is 3.41. The zero-order valence-electron chi connectivity index (χ0n) is 10.1. The third kappa shape index (κ3) is 3.16. The molecule has 1 heterocycles. The summed E-state index contributed by atoms with van der Waals surface area (Å²) in [5, 5.41) is 4.50. The number of benzene rings is 1. The van der Waals surface area contributed by atoms with E-state index in [1.165, 1.54) is 10.6 Å². The molecular formula is C11H8Cl2F3N3S. The molecule has 3 nitrogen and oxygen atoms in total. The van der Waals surface area contributed by atoms with Crippen molar-refractivity contribution in [1.82, 2.24) is 14.3 Å². The van der Waals surface area contributed by atoms with E-state index in [9.17, 15) is 13.2 Å². The smallest absolute Gasteiger partial charge is 0.271 e. The molecule has 0 spiro atoms. The number of halogens is 5. The van der Waals surface area contributed by atoms with Crippen LogP contribution in [0.5, 0.6) is 0 Å². The second-order valence-corrected chi connectivity index (χ2v) is 5.24. The lowest BCUT2D eigenvalue weighted by atomic mass is 10.3. The predicted octanol–water partition coefficient (Wildman–Crippen LogP) is 4.58. The Hall–Kier alpha value is -1.05. The molecule has 0 radical (unpaired) electrons. The fraction of sp³-hybridized carbons (Fsp3) is 0.273. The Kier molecular flexibility index (Phi) is 4.13. The van der Waals surface area contributed by atoms with Gasteiger partial charge >= 0.3 is 6.18 Å². The van der Waals surface area contributed by atoms with Crippen molar-refractivity contribution >= 4 is 35.4 Å². The van der Waals surface area contributed by atoms with Crippen molar-refractivity contribution in [2.45, 2.75) is 19.6 Å². The van der Waals surface area contributed by atoms with Crippen LogP contribution in [-0.4, -0.2) is 20.5 Å². The average molecular weight is 342 g/mol. The third-order valence-electron chi connectivity index (χ3n) is 2.48. The monoisotopic (exact) mass is 341 g/mol. The summed E-state index contributed by atoms with van der Waals surface area (Å²) in [6, 6.07) is 4.64. The molecule has 1 aromatic heterocycles. The number of hydrogen-bond donors (Lipinski definition) is 0. The van der Waals surface area contributed by atoms with Crippen molar-refractivity contribution in [1.29, 1.82) is 0 Å². The molecular weight excluding hydrogens is 334 g/mol. The van der Waals surface area contributed by atoms with Gasteiger partial charge < -0.3 is 0 Å². The van der Waals surface area contributed by atoms with Gasteiger partial charge in [0, 0.05) is 5.02 Å². The van der Waals surface area contributed by atoms with E-state index < -0.39 is 12.7 Å². The predicted molar refractivity (Wildman–Crippen MR) is 73.2 cm³/mol. The van der Waals surface area contributed by atoms with Crippen molar-refractivity contribution in [2.75, 3.05) is 0 Å². The summed E-state index contributed by atoms with van der Waals surface area (Å²) in [6.45, 7) is 0.304. The molecule has 0 unspecified atom stereocenters. The zero-order chi connectivity index (χ0) is 15.1. The van der Waals surface area contributed by atoms with Crippen LogP contribution in [-0.2, 0) is 6.54 Å². The molecule has 0 aliphatic heterocycles. The Morgan fingerprint density at radius 3 is 2.50 bits per heavy atom. The van der Waals surface area contributed by atoms with Crippen LogP contribution in [0.25, 0.3) is 5.69 Å². The van der Waals surface area contributed by atoms with E-state index in [1.807, 2.05) is 0 Å². The molecule has 1 aromatic carbocycles. The lowest BCUT2D eigenvalue weighted by Gasteiger charge is -2.07. The van der Waals surface area contributed by atoms with Crippen LogP contribution >= 0.6 is 35.4 Å². The summed E-state index contributed by atoms with van der Waals surface area (Å²) < 4.78 is 39.3. The van der Waals surface area contributed by atoms with E-state index >= 15 is 0 Å². The van der Waals surface area contributed by atoms with Gasteiger partial charge in [0.25, 0.3) is 0 Å². The maximum Gasteiger partial charge on any atom is 0.408 e. The summed E-state index contributed by atoms with van der Waals surface area (Å²) in [6.07, 6.45) is -4.40. The Bertz CT molecular complexity index is 706. The zero-order valence-corrected chi connectivity index (χ0v) is 12.4. The fourth-order valence-corrected chi connectivity index (χ4v) is 2.56. The second-order valence-electron chi connectivity index (χ2n) is 4.03. The molecule has 0 N–H and O–H groups in total. The number of nitrogens with zero attached hydrogens (tertiary/aromatic N) is 3. The number of aromatic nitrogens is 3. The molecule has 0 bridgehead atoms. The van der Waals surface area contributed by atoms with Gasteiger partial charge in [-0.2, -0.15) is 18.3 Å². The van der Waals surface area contributed by atoms with Gasteiger partial charge in [-0.05, 0) is 37.3 Å². The molecule has 0 saturated carbocycles. The molecule has 9 heteroatoms. The summed E-state index contributed by atoms with van der Waals surface area (Å²) in [5.41, 5.74) is 0.437. The first-order valence-corrected chi connectivity index (χ1v) is 6.54. The molecule has 0 amide bonds. The molecule has 108 valence electrons. The highest BCUT2D eigenvalue weighted by atomic mass is 35.5. The Labute approximate surface area is 127 Å². The van der Waals surface area contributed by atoms with Crippen molar-refractivity contribution in [3.63, 3.8) is 0 Å². The minimum Gasteiger partial charge on any atom is -0.271 e. The van der Waals surface area contributed by atoms with Gasteiger partial charge in [0.15, 0.2) is 0 Å². The number of hydrogen-bond acceptors (Lipinski definition) is 2. The van der Waals surface area contributed by atoms with E-state index in [1.54, 1.807) is 19.1 Å². The first-order chi connectivity index (χ1) is 9.19. The van der Waals surface area contributed by atoms with Gasteiger partial charge in [-0.25, -0.2) is 4.68 Å². The molecule has 2 aromatic rings. The van der Waals surface area contributed by atoms with Gasteiger partial charge in [-0.3, -0.25) is 4.57 Å². The standard InChI is InChI=1S/C11H8Cl2F3N3S/c1-6-17-18(5-11(14,15)16)10(20)19(6)9-3-2-7(12)4-8(9)13/h2-4H,5H2,1H3. The van der Waals surface area contributed by atoms with Crippen LogP contribution in [0.3, 0.4) is 0 Å². The summed E-state index contributed by atoms with van der Waals surface area (Å²) in [5.74, 6) is 0.309. The number of aryl methyl sites for hydroxylation is 1. The molecule has 2 rings (SSSR count). The minimum absolute atomic E-state index is 0.0796. The van der Waals surface area contributed by atoms with Crippen molar-refractivity contribution in [2.24, 2.45) is 0 Å². The van der Waals surface area contributed by atoms with Gasteiger partial charge in [0.05, 0.1) is 10.7 Å². The molecule has 0 aliphatic rings. The lowest BCUT2D eigenvalue weighted by Crippen LogP contribution is -2.19. The van der Waals surface area contributed by atoms with E-state index in [0.29, 0.717) is 16.5 Å². The molecule has 0 fully saturated rings. The SMILES string of the molecule is Cc1nn(CC(F)(F)F)c(=S)n1-c1ccc(Cl)cc1Cl. The van der Waals surface area contributed by atoms with Crippen LogP contribution in [0.15, 0.2) is 18.2 Å². The van der Waals surface area contributed by atoms with E-state index in [4.69, 9.17) is 35.4 Å². The van der Waals surface area contributed by atoms with E-state index in [0.717, 1.165) is 4.68 Å². The Morgan fingerprint density at radius 2 is 1.95 bits per heavy atom. The quantitative estimate of drug-likeness (QED) is 0.746. The fourth-order valence-electron chi connectivity index (χ4n) is 1.73. The van der Waals surface area contributed by atoms with Gasteiger partial charge in [-0.1, -0.05) is 23.2 Å². The van der Waals surface area contributed by atoms with Crippen LogP contribution in [0, 0.1) is 11.7 Å². The van der Waals surface area contributed by atoms with Gasteiger partial charge in [-0.15, -0.1) is 0 Å². The molecule has 0 aliphatic carbocycles. The lowest BCUT2D eigenvalue weighted by molar-refractivity contribution is -0.142. The van der Waals surface area contributed by atoms with Gasteiger partial charge in [0.1, 0.15) is 12.4 Å². The maximum atomic E-state index is 12.4. The largest absolute Gasteiger partial charge is 0.408 e. The summed E-state index contributed by atoms with van der Waals surface area (Å²) >= 11 is 16.9. The first-order valence-electron chi connectivity index (χ1n) is 5.37. The second kappa shape index (κ2) is 5.38. The van der Waals surface area contributed by atoms with Crippen molar-refractivity contribution in [3.05, 3.63) is 38.8 Å². The van der Waals surface area contributed by atoms with Crippen LogP contribution in [0.1, 0.15) is 5.82 Å². The maximum absolute atomic E-state index is 12.4.